The number of imidazole rings is 1. The summed E-state index contributed by atoms with van der Waals surface area (Å²) in [4.78, 5) is 4.63. The third-order valence-electron chi connectivity index (χ3n) is 3.41. The van der Waals surface area contributed by atoms with Gasteiger partial charge < -0.3 is 9.88 Å². The van der Waals surface area contributed by atoms with Crippen LogP contribution in [0.5, 0.6) is 0 Å². The van der Waals surface area contributed by atoms with Gasteiger partial charge in [-0.2, -0.15) is 5.10 Å². The van der Waals surface area contributed by atoms with Gasteiger partial charge >= 0.3 is 0 Å². The molecular weight excluding hydrogens is 238 g/mol. The van der Waals surface area contributed by atoms with E-state index in [0.29, 0.717) is 0 Å². The topological polar surface area (TPSA) is 58.5 Å². The highest BCUT2D eigenvalue weighted by molar-refractivity contribution is 5.75. The highest BCUT2D eigenvalue weighted by Crippen LogP contribution is 2.14. The van der Waals surface area contributed by atoms with Crippen molar-refractivity contribution in [2.75, 3.05) is 0 Å². The number of aryl methyl sites for hydroxylation is 2. The van der Waals surface area contributed by atoms with Gasteiger partial charge in [0.05, 0.1) is 23.8 Å². The zero-order chi connectivity index (χ0) is 13.2. The van der Waals surface area contributed by atoms with Crippen molar-refractivity contribution in [1.29, 1.82) is 0 Å². The summed E-state index contributed by atoms with van der Waals surface area (Å²) in [6.07, 6.45) is 1.86. The minimum absolute atomic E-state index is 0.746. The molecule has 0 amide bonds. The summed E-state index contributed by atoms with van der Waals surface area (Å²) in [6, 6.07) is 8.18. The van der Waals surface area contributed by atoms with E-state index in [2.05, 4.69) is 38.2 Å². The van der Waals surface area contributed by atoms with Crippen molar-refractivity contribution in [3.8, 4) is 0 Å². The minimum atomic E-state index is 0.746. The highest BCUT2D eigenvalue weighted by Gasteiger charge is 2.07. The van der Waals surface area contributed by atoms with Crippen molar-refractivity contribution < 1.29 is 0 Å². The van der Waals surface area contributed by atoms with Gasteiger partial charge in [-0.15, -0.1) is 0 Å². The van der Waals surface area contributed by atoms with Crippen LogP contribution in [0.4, 0.5) is 0 Å². The predicted octanol–water partition coefficient (Wildman–Crippen LogP) is 1.89. The van der Waals surface area contributed by atoms with E-state index >= 15 is 0 Å². The maximum atomic E-state index is 4.63. The summed E-state index contributed by atoms with van der Waals surface area (Å²) >= 11 is 0. The smallest absolute Gasteiger partial charge is 0.123 e. The van der Waals surface area contributed by atoms with Crippen LogP contribution in [0.15, 0.2) is 30.5 Å². The molecule has 0 fully saturated rings. The second-order valence-corrected chi connectivity index (χ2v) is 4.70. The monoisotopic (exact) mass is 255 g/mol. The number of hydrogen-bond acceptors (Lipinski definition) is 3. The fourth-order valence-corrected chi connectivity index (χ4v) is 2.22. The Balaban J connectivity index is 1.72. The molecule has 0 aliphatic carbocycles. The van der Waals surface area contributed by atoms with Crippen LogP contribution in [0, 0.1) is 6.92 Å². The lowest BCUT2D eigenvalue weighted by atomic mass is 10.2. The lowest BCUT2D eigenvalue weighted by Crippen LogP contribution is -2.16. The van der Waals surface area contributed by atoms with Crippen molar-refractivity contribution in [2.45, 2.75) is 20.0 Å². The summed E-state index contributed by atoms with van der Waals surface area (Å²) in [5.74, 6) is 1.04. The first kappa shape index (κ1) is 11.9. The molecule has 2 aromatic heterocycles. The van der Waals surface area contributed by atoms with E-state index in [1.54, 1.807) is 0 Å². The van der Waals surface area contributed by atoms with E-state index in [1.165, 1.54) is 11.1 Å². The Morgan fingerprint density at radius 1 is 1.26 bits per heavy atom. The van der Waals surface area contributed by atoms with Gasteiger partial charge in [0.2, 0.25) is 0 Å². The summed E-state index contributed by atoms with van der Waals surface area (Å²) in [5.41, 5.74) is 4.51. The molecule has 0 bridgehead atoms. The lowest BCUT2D eigenvalue weighted by Gasteiger charge is -2.04. The fourth-order valence-electron chi connectivity index (χ4n) is 2.22. The number of nitrogens with one attached hydrogen (secondary N) is 2. The number of para-hydroxylation sites is 2. The molecule has 0 unspecified atom stereocenters. The van der Waals surface area contributed by atoms with E-state index in [-0.39, 0.29) is 0 Å². The summed E-state index contributed by atoms with van der Waals surface area (Å²) in [7, 11) is 2.05. The Morgan fingerprint density at radius 3 is 2.84 bits per heavy atom. The van der Waals surface area contributed by atoms with Crippen LogP contribution < -0.4 is 5.32 Å². The number of nitrogens with zero attached hydrogens (tertiary/aromatic N) is 3. The molecule has 0 aliphatic rings. The molecule has 0 saturated heterocycles. The average Bonchev–Trinajstić information content (AvgIpc) is 2.96. The van der Waals surface area contributed by atoms with Gasteiger partial charge in [-0.05, 0) is 19.1 Å². The Labute approximate surface area is 111 Å². The van der Waals surface area contributed by atoms with Crippen LogP contribution in [0.1, 0.15) is 17.1 Å². The van der Waals surface area contributed by atoms with Gasteiger partial charge in [-0.3, -0.25) is 5.10 Å². The van der Waals surface area contributed by atoms with Gasteiger partial charge in [0, 0.05) is 24.8 Å². The molecule has 98 valence electrons. The van der Waals surface area contributed by atoms with Crippen molar-refractivity contribution in [3.63, 3.8) is 0 Å². The van der Waals surface area contributed by atoms with E-state index in [4.69, 9.17) is 0 Å². The highest BCUT2D eigenvalue weighted by atomic mass is 15.1. The van der Waals surface area contributed by atoms with E-state index < -0.39 is 0 Å². The zero-order valence-electron chi connectivity index (χ0n) is 11.1. The van der Waals surface area contributed by atoms with Crippen LogP contribution >= 0.6 is 0 Å². The predicted molar refractivity (Wildman–Crippen MR) is 74.6 cm³/mol. The SMILES string of the molecule is Cc1[nH]ncc1CNCc1nc2ccccc2n1C. The van der Waals surface area contributed by atoms with Gasteiger partial charge in [0.1, 0.15) is 5.82 Å². The molecule has 0 aliphatic heterocycles. The Morgan fingerprint density at radius 2 is 2.11 bits per heavy atom. The Bertz CT molecular complexity index is 695. The van der Waals surface area contributed by atoms with E-state index in [1.807, 2.05) is 31.3 Å². The maximum Gasteiger partial charge on any atom is 0.123 e. The zero-order valence-corrected chi connectivity index (χ0v) is 11.1. The quantitative estimate of drug-likeness (QED) is 0.748. The van der Waals surface area contributed by atoms with Crippen molar-refractivity contribution in [2.24, 2.45) is 7.05 Å². The van der Waals surface area contributed by atoms with Gasteiger partial charge in [0.25, 0.3) is 0 Å². The van der Waals surface area contributed by atoms with Gasteiger partial charge in [-0.25, -0.2) is 4.98 Å². The standard InChI is InChI=1S/C14H17N5/c1-10-11(8-16-18-10)7-15-9-14-17-12-5-3-4-6-13(12)19(14)2/h3-6,8,15H,7,9H2,1-2H3,(H,16,18). The summed E-state index contributed by atoms with van der Waals surface area (Å²) < 4.78 is 2.13. The first-order valence-electron chi connectivity index (χ1n) is 6.35. The maximum absolute atomic E-state index is 4.63. The van der Waals surface area contributed by atoms with Crippen LogP contribution in [0.2, 0.25) is 0 Å². The fraction of sp³-hybridized carbons (Fsp3) is 0.286. The second-order valence-electron chi connectivity index (χ2n) is 4.70. The molecule has 1 aromatic carbocycles. The number of hydrogen-bond donors (Lipinski definition) is 2. The molecule has 2 heterocycles. The van der Waals surface area contributed by atoms with Crippen LogP contribution in [-0.4, -0.2) is 19.7 Å². The van der Waals surface area contributed by atoms with Gasteiger partial charge in [-0.1, -0.05) is 12.1 Å². The second kappa shape index (κ2) is 4.85. The number of aromatic amines is 1. The first-order chi connectivity index (χ1) is 9.25. The van der Waals surface area contributed by atoms with E-state index in [9.17, 15) is 0 Å². The molecule has 5 nitrogen and oxygen atoms in total. The molecule has 3 rings (SSSR count). The number of aromatic nitrogens is 4. The Kier molecular flexibility index (Phi) is 3.05. The number of fused-ring (bicyclic) bond motifs is 1. The van der Waals surface area contributed by atoms with E-state index in [0.717, 1.165) is 30.1 Å². The molecule has 0 atom stereocenters. The molecule has 0 radical (unpaired) electrons. The Hall–Kier alpha value is -2.14. The van der Waals surface area contributed by atoms with Crippen molar-refractivity contribution in [3.05, 3.63) is 47.5 Å². The van der Waals surface area contributed by atoms with Crippen molar-refractivity contribution >= 4 is 11.0 Å². The van der Waals surface area contributed by atoms with Gasteiger partial charge in [0.15, 0.2) is 0 Å². The molecule has 19 heavy (non-hydrogen) atoms. The largest absolute Gasteiger partial charge is 0.330 e. The summed E-state index contributed by atoms with van der Waals surface area (Å²) in [6.45, 7) is 3.57. The third kappa shape index (κ3) is 2.24. The molecular formula is C14H17N5. The lowest BCUT2D eigenvalue weighted by molar-refractivity contribution is 0.642. The van der Waals surface area contributed by atoms with Crippen molar-refractivity contribution in [1.82, 2.24) is 25.1 Å². The number of benzene rings is 1. The van der Waals surface area contributed by atoms with Crippen LogP contribution in [0.25, 0.3) is 11.0 Å². The first-order valence-corrected chi connectivity index (χ1v) is 6.35. The van der Waals surface area contributed by atoms with Crippen LogP contribution in [-0.2, 0) is 20.1 Å². The summed E-state index contributed by atoms with van der Waals surface area (Å²) in [5, 5.41) is 10.4. The average molecular weight is 255 g/mol. The molecule has 0 saturated carbocycles. The number of rotatable bonds is 4. The molecule has 2 N–H and O–H groups in total. The molecule has 0 spiro atoms. The number of H-pyrrole nitrogens is 1. The normalized spacial score (nSPS) is 11.3. The minimum Gasteiger partial charge on any atom is -0.330 e. The molecule has 5 heteroatoms. The van der Waals surface area contributed by atoms with Crippen LogP contribution in [0.3, 0.4) is 0 Å². The third-order valence-corrected chi connectivity index (χ3v) is 3.41. The molecule has 3 aromatic rings.